The van der Waals surface area contributed by atoms with Crippen LogP contribution >= 0.6 is 11.3 Å². The van der Waals surface area contributed by atoms with Gasteiger partial charge in [-0.3, -0.25) is 0 Å². The Labute approximate surface area is 121 Å². The van der Waals surface area contributed by atoms with Gasteiger partial charge in [-0.05, 0) is 39.5 Å². The van der Waals surface area contributed by atoms with Crippen LogP contribution in [0.15, 0.2) is 6.20 Å². The van der Waals surface area contributed by atoms with Gasteiger partial charge in [0.2, 0.25) is 0 Å². The third-order valence-electron chi connectivity index (χ3n) is 3.67. The number of hydrogen-bond acceptors (Lipinski definition) is 4. The molecule has 0 atom stereocenters. The molecule has 1 aromatic rings. The van der Waals surface area contributed by atoms with E-state index in [1.807, 2.05) is 17.5 Å². The summed E-state index contributed by atoms with van der Waals surface area (Å²) in [6, 6.07) is 0. The van der Waals surface area contributed by atoms with Crippen LogP contribution in [0, 0.1) is 5.92 Å². The summed E-state index contributed by atoms with van der Waals surface area (Å²) in [5, 5.41) is 4.68. The molecule has 1 aliphatic rings. The molecule has 0 unspecified atom stereocenters. The Morgan fingerprint density at radius 2 is 2.05 bits per heavy atom. The molecule has 0 amide bonds. The fourth-order valence-electron chi connectivity index (χ4n) is 2.57. The lowest BCUT2D eigenvalue weighted by Crippen LogP contribution is -2.34. The Morgan fingerprint density at radius 3 is 2.68 bits per heavy atom. The number of nitrogens with one attached hydrogen (secondary N) is 1. The Kier molecular flexibility index (Phi) is 4.85. The molecule has 1 heterocycles. The maximum absolute atomic E-state index is 4.56. The minimum Gasteiger partial charge on any atom is -0.351 e. The third kappa shape index (κ3) is 4.77. The van der Waals surface area contributed by atoms with E-state index in [0.717, 1.165) is 17.6 Å². The molecule has 0 aliphatic heterocycles. The molecule has 4 heteroatoms. The summed E-state index contributed by atoms with van der Waals surface area (Å²) in [6.07, 6.45) is 7.64. The van der Waals surface area contributed by atoms with Crippen molar-refractivity contribution in [3.05, 3.63) is 11.1 Å². The van der Waals surface area contributed by atoms with Crippen molar-refractivity contribution in [2.24, 2.45) is 5.92 Å². The van der Waals surface area contributed by atoms with Crippen molar-refractivity contribution >= 4 is 16.5 Å². The van der Waals surface area contributed by atoms with Gasteiger partial charge in [-0.2, -0.15) is 0 Å². The van der Waals surface area contributed by atoms with Crippen molar-refractivity contribution < 1.29 is 0 Å². The van der Waals surface area contributed by atoms with Crippen LogP contribution in [0.25, 0.3) is 0 Å². The first kappa shape index (κ1) is 14.8. The Bertz CT molecular complexity index is 388. The summed E-state index contributed by atoms with van der Waals surface area (Å²) < 4.78 is 0. The average Bonchev–Trinajstić information content (AvgIpc) is 2.95. The first-order valence-corrected chi connectivity index (χ1v) is 8.16. The summed E-state index contributed by atoms with van der Waals surface area (Å²) in [7, 11) is 2.18. The van der Waals surface area contributed by atoms with E-state index in [0.29, 0.717) is 0 Å². The minimum absolute atomic E-state index is 0.167. The normalized spacial score (nSPS) is 17.1. The highest BCUT2D eigenvalue weighted by molar-refractivity contribution is 7.15. The number of hydrogen-bond donors (Lipinski definition) is 1. The molecule has 0 aromatic carbocycles. The van der Waals surface area contributed by atoms with Crippen molar-refractivity contribution in [1.29, 1.82) is 0 Å². The third-order valence-corrected chi connectivity index (χ3v) is 4.78. The predicted octanol–water partition coefficient (Wildman–Crippen LogP) is 3.66. The highest BCUT2D eigenvalue weighted by Crippen LogP contribution is 2.28. The second kappa shape index (κ2) is 6.23. The molecule has 3 nitrogen and oxygen atoms in total. The topological polar surface area (TPSA) is 28.2 Å². The van der Waals surface area contributed by atoms with E-state index in [-0.39, 0.29) is 5.54 Å². The van der Waals surface area contributed by atoms with Gasteiger partial charge in [0.15, 0.2) is 5.13 Å². The van der Waals surface area contributed by atoms with E-state index in [1.165, 1.54) is 37.1 Å². The zero-order chi connectivity index (χ0) is 13.9. The SMILES string of the molecule is CN(CC1CCCC1)c1ncc(CNC(C)(C)C)s1. The van der Waals surface area contributed by atoms with E-state index < -0.39 is 0 Å². The lowest BCUT2D eigenvalue weighted by Gasteiger charge is -2.20. The van der Waals surface area contributed by atoms with Gasteiger partial charge in [-0.25, -0.2) is 4.98 Å². The van der Waals surface area contributed by atoms with E-state index in [2.05, 4.69) is 43.0 Å². The van der Waals surface area contributed by atoms with Crippen molar-refractivity contribution in [3.8, 4) is 0 Å². The quantitative estimate of drug-likeness (QED) is 0.893. The largest absolute Gasteiger partial charge is 0.351 e. The van der Waals surface area contributed by atoms with Crippen molar-refractivity contribution in [3.63, 3.8) is 0 Å². The van der Waals surface area contributed by atoms with Crippen molar-refractivity contribution in [2.75, 3.05) is 18.5 Å². The van der Waals surface area contributed by atoms with E-state index in [1.54, 1.807) is 0 Å². The molecule has 1 fully saturated rings. The molecule has 1 N–H and O–H groups in total. The molecule has 108 valence electrons. The summed E-state index contributed by atoms with van der Waals surface area (Å²) in [6.45, 7) is 8.67. The van der Waals surface area contributed by atoms with Crippen LogP contribution < -0.4 is 10.2 Å². The van der Waals surface area contributed by atoms with Gasteiger partial charge in [0, 0.05) is 36.8 Å². The second-order valence-electron chi connectivity index (χ2n) is 6.74. The smallest absolute Gasteiger partial charge is 0.185 e. The fraction of sp³-hybridized carbons (Fsp3) is 0.800. The zero-order valence-corrected chi connectivity index (χ0v) is 13.5. The molecule has 1 aliphatic carbocycles. The molecule has 19 heavy (non-hydrogen) atoms. The maximum atomic E-state index is 4.56. The second-order valence-corrected chi connectivity index (χ2v) is 7.84. The summed E-state index contributed by atoms with van der Waals surface area (Å²) in [5.41, 5.74) is 0.167. The molecule has 2 rings (SSSR count). The lowest BCUT2D eigenvalue weighted by atomic mass is 10.1. The molecule has 1 saturated carbocycles. The van der Waals surface area contributed by atoms with E-state index in [9.17, 15) is 0 Å². The highest BCUT2D eigenvalue weighted by Gasteiger charge is 2.18. The zero-order valence-electron chi connectivity index (χ0n) is 12.7. The predicted molar refractivity (Wildman–Crippen MR) is 83.9 cm³/mol. The molecule has 0 bridgehead atoms. The first-order valence-electron chi connectivity index (χ1n) is 7.35. The van der Waals surface area contributed by atoms with Crippen LogP contribution in [0.2, 0.25) is 0 Å². The number of rotatable bonds is 5. The van der Waals surface area contributed by atoms with Gasteiger partial charge >= 0.3 is 0 Å². The highest BCUT2D eigenvalue weighted by atomic mass is 32.1. The Balaban J connectivity index is 1.85. The molecule has 0 radical (unpaired) electrons. The number of aromatic nitrogens is 1. The number of anilines is 1. The van der Waals surface area contributed by atoms with Gasteiger partial charge in [-0.15, -0.1) is 11.3 Å². The molecular formula is C15H27N3S. The van der Waals surface area contributed by atoms with Gasteiger partial charge in [0.1, 0.15) is 0 Å². The van der Waals surface area contributed by atoms with E-state index in [4.69, 9.17) is 0 Å². The van der Waals surface area contributed by atoms with Crippen LogP contribution in [0.3, 0.4) is 0 Å². The van der Waals surface area contributed by atoms with Crippen molar-refractivity contribution in [2.45, 2.75) is 58.5 Å². The standard InChI is InChI=1S/C15H27N3S/c1-15(2,3)17-10-13-9-16-14(19-13)18(4)11-12-7-5-6-8-12/h9,12,17H,5-8,10-11H2,1-4H3. The van der Waals surface area contributed by atoms with Crippen LogP contribution in [0.1, 0.15) is 51.3 Å². The van der Waals surface area contributed by atoms with Crippen LogP contribution in [0.5, 0.6) is 0 Å². The summed E-state index contributed by atoms with van der Waals surface area (Å²) >= 11 is 1.82. The molecular weight excluding hydrogens is 254 g/mol. The number of thiazole rings is 1. The number of nitrogens with zero attached hydrogens (tertiary/aromatic N) is 2. The summed E-state index contributed by atoms with van der Waals surface area (Å²) in [5.74, 6) is 0.880. The van der Waals surface area contributed by atoms with Crippen molar-refractivity contribution in [1.82, 2.24) is 10.3 Å². The van der Waals surface area contributed by atoms with E-state index >= 15 is 0 Å². The average molecular weight is 281 g/mol. The molecule has 1 aromatic heterocycles. The first-order chi connectivity index (χ1) is 8.94. The molecule has 0 spiro atoms. The molecule has 0 saturated heterocycles. The Morgan fingerprint density at radius 1 is 1.37 bits per heavy atom. The summed E-state index contributed by atoms with van der Waals surface area (Å²) in [4.78, 5) is 8.22. The fourth-order valence-corrected chi connectivity index (χ4v) is 3.39. The minimum atomic E-state index is 0.167. The maximum Gasteiger partial charge on any atom is 0.185 e. The van der Waals surface area contributed by atoms with Crippen LogP contribution in [-0.4, -0.2) is 24.1 Å². The lowest BCUT2D eigenvalue weighted by molar-refractivity contribution is 0.426. The Hall–Kier alpha value is -0.610. The van der Waals surface area contributed by atoms with Gasteiger partial charge < -0.3 is 10.2 Å². The monoisotopic (exact) mass is 281 g/mol. The van der Waals surface area contributed by atoms with Gasteiger partial charge in [-0.1, -0.05) is 12.8 Å². The van der Waals surface area contributed by atoms with Crippen LogP contribution in [-0.2, 0) is 6.54 Å². The van der Waals surface area contributed by atoms with Gasteiger partial charge in [0.25, 0.3) is 0 Å². The van der Waals surface area contributed by atoms with Gasteiger partial charge in [0.05, 0.1) is 0 Å². The van der Waals surface area contributed by atoms with Crippen LogP contribution in [0.4, 0.5) is 5.13 Å².